The van der Waals surface area contributed by atoms with Crippen molar-refractivity contribution in [2.24, 2.45) is 0 Å². The summed E-state index contributed by atoms with van der Waals surface area (Å²) in [6.07, 6.45) is 1.95. The number of Topliss-reactive ketones (excluding diaryl/α,β-unsaturated/α-hetero) is 1. The van der Waals surface area contributed by atoms with Gasteiger partial charge in [0.15, 0.2) is 5.78 Å². The molecule has 0 aliphatic heterocycles. The van der Waals surface area contributed by atoms with Gasteiger partial charge in [0.05, 0.1) is 0 Å². The van der Waals surface area contributed by atoms with Crippen LogP contribution in [0.25, 0.3) is 10.9 Å². The number of aromatic nitrogens is 1. The van der Waals surface area contributed by atoms with Crippen LogP contribution in [0.3, 0.4) is 0 Å². The zero-order chi connectivity index (χ0) is 14.7. The summed E-state index contributed by atoms with van der Waals surface area (Å²) in [6.45, 7) is 9.88. The zero-order valence-corrected chi connectivity index (χ0v) is 13.1. The second-order valence-electron chi connectivity index (χ2n) is 4.98. The molecule has 0 N–H and O–H groups in total. The van der Waals surface area contributed by atoms with E-state index in [4.69, 9.17) is 11.6 Å². The molecule has 0 amide bonds. The normalized spacial score (nSPS) is 11.4. The Labute approximate surface area is 125 Å². The summed E-state index contributed by atoms with van der Waals surface area (Å²) < 4.78 is 2.15. The maximum absolute atomic E-state index is 11.8. The molecule has 0 aliphatic carbocycles. The van der Waals surface area contributed by atoms with E-state index in [-0.39, 0.29) is 5.78 Å². The number of fused-ring (bicyclic) bond motifs is 1. The van der Waals surface area contributed by atoms with E-state index in [9.17, 15) is 4.79 Å². The van der Waals surface area contributed by atoms with Gasteiger partial charge in [-0.05, 0) is 38.2 Å². The van der Waals surface area contributed by atoms with E-state index in [0.717, 1.165) is 42.6 Å². The van der Waals surface area contributed by atoms with Gasteiger partial charge in [0, 0.05) is 40.8 Å². The van der Waals surface area contributed by atoms with E-state index in [0.29, 0.717) is 5.02 Å². The van der Waals surface area contributed by atoms with Crippen LogP contribution in [-0.4, -0.2) is 34.9 Å². The van der Waals surface area contributed by atoms with Crippen LogP contribution in [-0.2, 0) is 6.54 Å². The molecule has 3 nitrogen and oxygen atoms in total. The number of halogens is 1. The van der Waals surface area contributed by atoms with E-state index >= 15 is 0 Å². The molecule has 108 valence electrons. The Balaban J connectivity index is 2.36. The summed E-state index contributed by atoms with van der Waals surface area (Å²) in [5, 5.41) is 1.62. The first-order chi connectivity index (χ1) is 9.56. The Hall–Kier alpha value is -1.32. The van der Waals surface area contributed by atoms with Gasteiger partial charge < -0.3 is 9.47 Å². The van der Waals surface area contributed by atoms with E-state index in [2.05, 4.69) is 23.3 Å². The molecular weight excluding hydrogens is 272 g/mol. The first-order valence-corrected chi connectivity index (χ1v) is 7.46. The van der Waals surface area contributed by atoms with Gasteiger partial charge in [-0.3, -0.25) is 4.79 Å². The molecular formula is C16H21ClN2O. The quantitative estimate of drug-likeness (QED) is 0.756. The largest absolute Gasteiger partial charge is 0.345 e. The van der Waals surface area contributed by atoms with Crippen molar-refractivity contribution in [1.29, 1.82) is 0 Å². The lowest BCUT2D eigenvalue weighted by Gasteiger charge is -2.18. The van der Waals surface area contributed by atoms with Gasteiger partial charge in [0.1, 0.15) is 0 Å². The molecule has 0 spiro atoms. The van der Waals surface area contributed by atoms with Gasteiger partial charge in [-0.1, -0.05) is 25.4 Å². The van der Waals surface area contributed by atoms with Gasteiger partial charge in [-0.25, -0.2) is 0 Å². The predicted octanol–water partition coefficient (Wildman–Crippen LogP) is 3.84. The fraction of sp³-hybridized carbons (Fsp3) is 0.438. The Morgan fingerprint density at radius 1 is 1.30 bits per heavy atom. The minimum absolute atomic E-state index is 0.0823. The number of carbonyl (C=O) groups excluding carboxylic acids is 1. The summed E-state index contributed by atoms with van der Waals surface area (Å²) >= 11 is 6.05. The van der Waals surface area contributed by atoms with Crippen LogP contribution in [0.5, 0.6) is 0 Å². The van der Waals surface area contributed by atoms with E-state index in [1.807, 2.05) is 24.4 Å². The standard InChI is InChI=1S/C16H21ClN2O/c1-4-18(5-2)8-9-19-11-15(12(3)20)14-10-13(17)6-7-16(14)19/h6-7,10-11H,4-5,8-9H2,1-3H3. The van der Waals surface area contributed by atoms with Crippen molar-refractivity contribution in [1.82, 2.24) is 9.47 Å². The molecule has 2 rings (SSSR count). The van der Waals surface area contributed by atoms with Crippen molar-refractivity contribution in [3.8, 4) is 0 Å². The Kier molecular flexibility index (Phi) is 4.84. The van der Waals surface area contributed by atoms with Crippen LogP contribution in [0.1, 0.15) is 31.1 Å². The molecule has 20 heavy (non-hydrogen) atoms. The maximum Gasteiger partial charge on any atom is 0.161 e. The van der Waals surface area contributed by atoms with Crippen LogP contribution in [0.15, 0.2) is 24.4 Å². The number of likely N-dealkylation sites (N-methyl/N-ethyl adjacent to an activating group) is 1. The lowest BCUT2D eigenvalue weighted by atomic mass is 10.1. The summed E-state index contributed by atoms with van der Waals surface area (Å²) in [5.41, 5.74) is 1.83. The third-order valence-electron chi connectivity index (χ3n) is 3.77. The van der Waals surface area contributed by atoms with Crippen molar-refractivity contribution < 1.29 is 4.79 Å². The first-order valence-electron chi connectivity index (χ1n) is 7.08. The predicted molar refractivity (Wildman–Crippen MR) is 84.7 cm³/mol. The molecule has 0 atom stereocenters. The number of hydrogen-bond acceptors (Lipinski definition) is 2. The summed E-state index contributed by atoms with van der Waals surface area (Å²) in [4.78, 5) is 14.1. The Bertz CT molecular complexity index is 614. The van der Waals surface area contributed by atoms with Crippen molar-refractivity contribution in [3.63, 3.8) is 0 Å². The second-order valence-corrected chi connectivity index (χ2v) is 5.42. The minimum atomic E-state index is 0.0823. The highest BCUT2D eigenvalue weighted by atomic mass is 35.5. The monoisotopic (exact) mass is 292 g/mol. The SMILES string of the molecule is CCN(CC)CCn1cc(C(C)=O)c2cc(Cl)ccc21. The van der Waals surface area contributed by atoms with Crippen molar-refractivity contribution in [2.75, 3.05) is 19.6 Å². The molecule has 0 bridgehead atoms. The molecule has 0 radical (unpaired) electrons. The molecule has 1 heterocycles. The number of benzene rings is 1. The third-order valence-corrected chi connectivity index (χ3v) is 4.01. The van der Waals surface area contributed by atoms with Gasteiger partial charge in [-0.15, -0.1) is 0 Å². The lowest BCUT2D eigenvalue weighted by molar-refractivity contribution is 0.101. The lowest BCUT2D eigenvalue weighted by Crippen LogP contribution is -2.26. The molecule has 0 fully saturated rings. The molecule has 0 saturated carbocycles. The van der Waals surface area contributed by atoms with Crippen LogP contribution in [0.2, 0.25) is 5.02 Å². The maximum atomic E-state index is 11.8. The minimum Gasteiger partial charge on any atom is -0.345 e. The van der Waals surface area contributed by atoms with Crippen LogP contribution < -0.4 is 0 Å². The first kappa shape index (κ1) is 15.1. The molecule has 0 aliphatic rings. The van der Waals surface area contributed by atoms with Crippen molar-refractivity contribution >= 4 is 28.3 Å². The molecule has 0 unspecified atom stereocenters. The van der Waals surface area contributed by atoms with E-state index < -0.39 is 0 Å². The Morgan fingerprint density at radius 2 is 2.00 bits per heavy atom. The van der Waals surface area contributed by atoms with E-state index in [1.165, 1.54) is 0 Å². The highest BCUT2D eigenvalue weighted by Crippen LogP contribution is 2.25. The number of rotatable bonds is 6. The topological polar surface area (TPSA) is 25.2 Å². The van der Waals surface area contributed by atoms with Crippen molar-refractivity contribution in [3.05, 3.63) is 35.0 Å². The zero-order valence-electron chi connectivity index (χ0n) is 12.3. The molecule has 2 aromatic rings. The number of carbonyl (C=O) groups is 1. The van der Waals surface area contributed by atoms with Gasteiger partial charge in [0.25, 0.3) is 0 Å². The average molecular weight is 293 g/mol. The molecule has 0 saturated heterocycles. The van der Waals surface area contributed by atoms with Crippen LogP contribution in [0, 0.1) is 0 Å². The molecule has 1 aromatic carbocycles. The second kappa shape index (κ2) is 6.42. The fourth-order valence-corrected chi connectivity index (χ4v) is 2.70. The Morgan fingerprint density at radius 3 is 2.60 bits per heavy atom. The highest BCUT2D eigenvalue weighted by molar-refractivity contribution is 6.31. The van der Waals surface area contributed by atoms with E-state index in [1.54, 1.807) is 6.92 Å². The molecule has 1 aromatic heterocycles. The smallest absolute Gasteiger partial charge is 0.161 e. The van der Waals surface area contributed by atoms with Gasteiger partial charge in [-0.2, -0.15) is 0 Å². The molecule has 4 heteroatoms. The number of hydrogen-bond donors (Lipinski definition) is 0. The summed E-state index contributed by atoms with van der Waals surface area (Å²) in [6, 6.07) is 5.75. The number of nitrogens with zero attached hydrogens (tertiary/aromatic N) is 2. The highest BCUT2D eigenvalue weighted by Gasteiger charge is 2.12. The number of ketones is 1. The average Bonchev–Trinajstić information content (AvgIpc) is 2.78. The summed E-state index contributed by atoms with van der Waals surface area (Å²) in [5.74, 6) is 0.0823. The van der Waals surface area contributed by atoms with Gasteiger partial charge >= 0.3 is 0 Å². The van der Waals surface area contributed by atoms with Crippen LogP contribution in [0.4, 0.5) is 0 Å². The van der Waals surface area contributed by atoms with Gasteiger partial charge in [0.2, 0.25) is 0 Å². The van der Waals surface area contributed by atoms with Crippen LogP contribution >= 0.6 is 11.6 Å². The van der Waals surface area contributed by atoms with Crippen molar-refractivity contribution in [2.45, 2.75) is 27.3 Å². The third kappa shape index (κ3) is 3.05. The fourth-order valence-electron chi connectivity index (χ4n) is 2.52. The summed E-state index contributed by atoms with van der Waals surface area (Å²) in [7, 11) is 0.